The number of hydrogen-bond acceptors (Lipinski definition) is 7. The minimum Gasteiger partial charge on any atom is -0.550 e. The van der Waals surface area contributed by atoms with Crippen LogP contribution in [0.1, 0.15) is 85.5 Å². The number of allylic oxidation sites excluding steroid dienone is 2. The van der Waals surface area contributed by atoms with Gasteiger partial charge in [0.1, 0.15) is 0 Å². The summed E-state index contributed by atoms with van der Waals surface area (Å²) in [6.45, 7) is 14.3. The second-order valence-corrected chi connectivity index (χ2v) is 10.8. The summed E-state index contributed by atoms with van der Waals surface area (Å²) in [6, 6.07) is 0. The highest BCUT2D eigenvalue weighted by molar-refractivity contribution is 6.32. The number of hydrogen-bond donors (Lipinski definition) is 3. The quantitative estimate of drug-likeness (QED) is 0.188. The third-order valence-corrected chi connectivity index (χ3v) is 8.12. The van der Waals surface area contributed by atoms with Crippen molar-refractivity contribution in [3.05, 3.63) is 97.2 Å². The first-order valence-corrected chi connectivity index (χ1v) is 14.2. The van der Waals surface area contributed by atoms with Crippen molar-refractivity contribution in [1.29, 1.82) is 0 Å². The summed E-state index contributed by atoms with van der Waals surface area (Å²) in [6.07, 6.45) is 6.58. The maximum Gasteiger partial charge on any atom is 0.273 e. The van der Waals surface area contributed by atoms with Gasteiger partial charge in [0.25, 0.3) is 5.91 Å². The second kappa shape index (κ2) is 13.0. The molecule has 1 aliphatic rings. The molecule has 3 aromatic heterocycles. The van der Waals surface area contributed by atoms with Gasteiger partial charge in [-0.05, 0) is 93.3 Å². The van der Waals surface area contributed by atoms with Crippen molar-refractivity contribution in [3.8, 4) is 0 Å². The van der Waals surface area contributed by atoms with Crippen molar-refractivity contribution in [2.75, 3.05) is 0 Å². The van der Waals surface area contributed by atoms with Gasteiger partial charge >= 0.3 is 0 Å². The summed E-state index contributed by atoms with van der Waals surface area (Å²) in [4.78, 5) is 73.8. The smallest absolute Gasteiger partial charge is 0.273 e. The van der Waals surface area contributed by atoms with Crippen LogP contribution in [0.5, 0.6) is 0 Å². The van der Waals surface area contributed by atoms with E-state index in [1.807, 2.05) is 0 Å². The van der Waals surface area contributed by atoms with E-state index in [1.54, 1.807) is 45.9 Å². The van der Waals surface area contributed by atoms with Crippen LogP contribution in [-0.4, -0.2) is 50.6 Å². The lowest BCUT2D eigenvalue weighted by Gasteiger charge is -2.05. The van der Waals surface area contributed by atoms with Crippen molar-refractivity contribution in [2.45, 2.75) is 53.4 Å². The topological polar surface area (TPSA) is 191 Å². The van der Waals surface area contributed by atoms with Crippen molar-refractivity contribution < 1.29 is 34.2 Å². The minimum absolute atomic E-state index is 0.0454. The molecule has 0 saturated carbocycles. The summed E-state index contributed by atoms with van der Waals surface area (Å²) in [7, 11) is 0. The molecule has 11 heteroatoms. The molecular weight excluding hydrogens is 576 g/mol. The molecule has 3 N–H and O–H groups in total. The first-order valence-electron chi connectivity index (χ1n) is 14.2. The Morgan fingerprint density at radius 1 is 0.778 bits per heavy atom. The van der Waals surface area contributed by atoms with E-state index in [0.717, 1.165) is 0 Å². The normalized spacial score (nSPS) is 13.9. The van der Waals surface area contributed by atoms with Crippen LogP contribution in [0.25, 0.3) is 18.2 Å². The number of aliphatic carboxylic acids is 2. The molecule has 0 atom stereocenters. The molecule has 11 nitrogen and oxygen atoms in total. The Morgan fingerprint density at radius 2 is 1.38 bits per heavy atom. The van der Waals surface area contributed by atoms with E-state index in [0.29, 0.717) is 72.9 Å². The van der Waals surface area contributed by atoms with Crippen LogP contribution in [-0.2, 0) is 27.2 Å². The van der Waals surface area contributed by atoms with Crippen LogP contribution in [0.2, 0.25) is 0 Å². The van der Waals surface area contributed by atoms with E-state index in [4.69, 9.17) is 0 Å². The Balaban J connectivity index is 1.94. The number of rotatable bonds is 13. The zero-order chi connectivity index (χ0) is 33.2. The molecule has 1 amide bonds. The van der Waals surface area contributed by atoms with Crippen molar-refractivity contribution in [2.24, 2.45) is 4.99 Å². The fourth-order valence-corrected chi connectivity index (χ4v) is 5.60. The Morgan fingerprint density at radius 3 is 1.93 bits per heavy atom. The third-order valence-electron chi connectivity index (χ3n) is 8.12. The maximum atomic E-state index is 13.8. The Kier molecular flexibility index (Phi) is 9.32. The van der Waals surface area contributed by atoms with Gasteiger partial charge in [0.05, 0.1) is 22.8 Å². The molecule has 0 bridgehead atoms. The Bertz CT molecular complexity index is 1990. The van der Waals surface area contributed by atoms with E-state index in [9.17, 15) is 34.2 Å². The highest BCUT2D eigenvalue weighted by Crippen LogP contribution is 2.26. The number of carboxylic acids is 2. The van der Waals surface area contributed by atoms with Gasteiger partial charge in [0.15, 0.2) is 6.29 Å². The molecule has 45 heavy (non-hydrogen) atoms. The van der Waals surface area contributed by atoms with Gasteiger partial charge in [-0.15, -0.1) is 0 Å². The molecule has 0 saturated heterocycles. The Hall–Kier alpha value is -5.58. The first-order chi connectivity index (χ1) is 21.3. The number of aliphatic imine (C=N–C) groups is 1. The van der Waals surface area contributed by atoms with Crippen LogP contribution in [0, 0.1) is 20.8 Å². The lowest BCUT2D eigenvalue weighted by atomic mass is 10.0. The minimum atomic E-state index is -1.27. The molecule has 4 heterocycles. The van der Waals surface area contributed by atoms with Gasteiger partial charge in [0.2, 0.25) is 5.78 Å². The van der Waals surface area contributed by atoms with Gasteiger partial charge < -0.3 is 34.8 Å². The highest BCUT2D eigenvalue weighted by atomic mass is 16.4. The average molecular weight is 609 g/mol. The standard InChI is InChI=1S/C34H34N4O7/c1-7-20-17(4)31(37-28(20)15-39)33(44)32-18(5)23(10-12-30(42)43)27(36-32)14-26-22(9-11-29(40)41)16(3)24(35-26)13-25-21(8-2)19(6)34(45)38-25/h7-8,13-15,35-37H,1-2,9-12H2,3-6H3,(H,40,41)(H,42,43)/p-2. The fraction of sp³-hybridized carbons (Fsp3) is 0.235. The SMILES string of the molecule is C=CC1=C(C)C(=O)N=C1C=c1[nH]c(=Cc2[nH]c(C(=O)c3[nH]c(C=O)c(C=C)c3C)c(C)c2CCC(=O)[O-])c(CCC(=O)[O-])c1C. The van der Waals surface area contributed by atoms with Crippen LogP contribution in [0.3, 0.4) is 0 Å². The lowest BCUT2D eigenvalue weighted by Crippen LogP contribution is -2.23. The number of aromatic amines is 3. The number of amides is 1. The predicted octanol–water partition coefficient (Wildman–Crippen LogP) is 0.741. The molecule has 0 fully saturated rings. The number of ketones is 1. The van der Waals surface area contributed by atoms with Crippen LogP contribution < -0.4 is 20.9 Å². The second-order valence-electron chi connectivity index (χ2n) is 10.8. The van der Waals surface area contributed by atoms with Crippen molar-refractivity contribution in [3.63, 3.8) is 0 Å². The molecule has 0 unspecified atom stereocenters. The lowest BCUT2D eigenvalue weighted by molar-refractivity contribution is -0.307. The number of H-pyrrole nitrogens is 3. The Labute approximate surface area is 258 Å². The van der Waals surface area contributed by atoms with Crippen LogP contribution in [0.4, 0.5) is 0 Å². The summed E-state index contributed by atoms with van der Waals surface area (Å²) in [5, 5.41) is 23.9. The predicted molar refractivity (Wildman–Crippen MR) is 165 cm³/mol. The van der Waals surface area contributed by atoms with E-state index in [-0.39, 0.29) is 48.7 Å². The molecule has 0 aromatic carbocycles. The van der Waals surface area contributed by atoms with Gasteiger partial charge in [-0.3, -0.25) is 14.4 Å². The molecule has 4 rings (SSSR count). The first kappa shape index (κ1) is 32.3. The van der Waals surface area contributed by atoms with E-state index in [1.165, 1.54) is 6.08 Å². The van der Waals surface area contributed by atoms with E-state index < -0.39 is 17.7 Å². The monoisotopic (exact) mass is 608 g/mol. The number of aldehydes is 1. The molecular formula is C34H32N4O7-2. The third kappa shape index (κ3) is 6.23. The molecule has 0 spiro atoms. The zero-order valence-corrected chi connectivity index (χ0v) is 25.4. The largest absolute Gasteiger partial charge is 0.550 e. The molecule has 1 aliphatic heterocycles. The molecule has 0 radical (unpaired) electrons. The van der Waals surface area contributed by atoms with Gasteiger partial charge in [0, 0.05) is 45.0 Å². The number of carboxylic acid groups (broad SMARTS) is 2. The molecule has 3 aromatic rings. The van der Waals surface area contributed by atoms with Crippen LogP contribution >= 0.6 is 0 Å². The zero-order valence-electron chi connectivity index (χ0n) is 25.4. The highest BCUT2D eigenvalue weighted by Gasteiger charge is 2.25. The number of carbonyl (C=O) groups excluding carboxylic acids is 5. The number of aromatic nitrogens is 3. The van der Waals surface area contributed by atoms with Crippen molar-refractivity contribution in [1.82, 2.24) is 15.0 Å². The number of nitrogens with one attached hydrogen (secondary N) is 3. The van der Waals surface area contributed by atoms with E-state index in [2.05, 4.69) is 33.1 Å². The van der Waals surface area contributed by atoms with Gasteiger partial charge in [-0.1, -0.05) is 25.3 Å². The van der Waals surface area contributed by atoms with Crippen molar-refractivity contribution >= 4 is 53.9 Å². The maximum absolute atomic E-state index is 13.8. The summed E-state index contributed by atoms with van der Waals surface area (Å²) in [5.74, 6) is -3.32. The average Bonchev–Trinajstić information content (AvgIpc) is 3.67. The molecule has 232 valence electrons. The van der Waals surface area contributed by atoms with E-state index >= 15 is 0 Å². The number of nitrogens with zero attached hydrogens (tertiary/aromatic N) is 1. The molecule has 0 aliphatic carbocycles. The summed E-state index contributed by atoms with van der Waals surface area (Å²) >= 11 is 0. The summed E-state index contributed by atoms with van der Waals surface area (Å²) in [5.41, 5.74) is 5.91. The number of carbonyl (C=O) groups is 5. The van der Waals surface area contributed by atoms with Gasteiger partial charge in [-0.25, -0.2) is 4.99 Å². The summed E-state index contributed by atoms with van der Waals surface area (Å²) < 4.78 is 0. The van der Waals surface area contributed by atoms with Crippen LogP contribution in [0.15, 0.2) is 35.4 Å². The fourth-order valence-electron chi connectivity index (χ4n) is 5.60. The van der Waals surface area contributed by atoms with Gasteiger partial charge in [-0.2, -0.15) is 0 Å².